The minimum absolute atomic E-state index is 0. The van der Waals surface area contributed by atoms with Gasteiger partial charge in [-0.25, -0.2) is 0 Å². The molecular formula is C13H25ClN2O2. The zero-order valence-corrected chi connectivity index (χ0v) is 12.0. The number of carbonyl (C=O) groups excluding carboxylic acids is 1. The molecule has 2 aliphatic rings. The van der Waals surface area contributed by atoms with Crippen molar-refractivity contribution < 1.29 is 9.53 Å². The summed E-state index contributed by atoms with van der Waals surface area (Å²) in [5.41, 5.74) is 0. The zero-order chi connectivity index (χ0) is 12.1. The molecule has 0 bridgehead atoms. The molecule has 2 heterocycles. The van der Waals surface area contributed by atoms with E-state index in [0.717, 1.165) is 39.1 Å². The van der Waals surface area contributed by atoms with E-state index >= 15 is 0 Å². The lowest BCUT2D eigenvalue weighted by Gasteiger charge is -2.22. The Hall–Kier alpha value is -0.320. The highest BCUT2D eigenvalue weighted by Gasteiger charge is 2.21. The van der Waals surface area contributed by atoms with E-state index in [-0.39, 0.29) is 18.5 Å². The second-order valence-electron chi connectivity index (χ2n) is 5.21. The van der Waals surface area contributed by atoms with Gasteiger partial charge in [0, 0.05) is 32.2 Å². The van der Waals surface area contributed by atoms with E-state index in [1.807, 2.05) is 11.8 Å². The van der Waals surface area contributed by atoms with Crippen LogP contribution in [0, 0.1) is 0 Å². The van der Waals surface area contributed by atoms with Crippen molar-refractivity contribution in [1.29, 1.82) is 0 Å². The normalized spacial score (nSPS) is 28.6. The Labute approximate surface area is 116 Å². The summed E-state index contributed by atoms with van der Waals surface area (Å²) in [5.74, 6) is 0.302. The molecule has 2 unspecified atom stereocenters. The van der Waals surface area contributed by atoms with Crippen molar-refractivity contribution >= 4 is 18.3 Å². The number of hydrogen-bond acceptors (Lipinski definition) is 3. The molecule has 2 aliphatic heterocycles. The molecule has 2 atom stereocenters. The van der Waals surface area contributed by atoms with E-state index in [2.05, 4.69) is 5.32 Å². The van der Waals surface area contributed by atoms with Crippen molar-refractivity contribution in [1.82, 2.24) is 10.2 Å². The summed E-state index contributed by atoms with van der Waals surface area (Å²) < 4.78 is 5.55. The SMILES string of the molecule is CC1CN(C(=O)CCC2CCCN2)CCCO1.Cl. The van der Waals surface area contributed by atoms with Gasteiger partial charge in [0.1, 0.15) is 0 Å². The number of carbonyl (C=O) groups is 1. The van der Waals surface area contributed by atoms with Crippen molar-refractivity contribution in [3.05, 3.63) is 0 Å². The molecule has 0 radical (unpaired) electrons. The molecule has 18 heavy (non-hydrogen) atoms. The van der Waals surface area contributed by atoms with Gasteiger partial charge in [-0.05, 0) is 39.2 Å². The molecule has 2 saturated heterocycles. The maximum absolute atomic E-state index is 12.1. The molecule has 2 rings (SSSR count). The lowest BCUT2D eigenvalue weighted by molar-refractivity contribution is -0.132. The van der Waals surface area contributed by atoms with Gasteiger partial charge in [-0.2, -0.15) is 0 Å². The van der Waals surface area contributed by atoms with Gasteiger partial charge in [-0.15, -0.1) is 12.4 Å². The highest BCUT2D eigenvalue weighted by Crippen LogP contribution is 2.13. The van der Waals surface area contributed by atoms with Crippen molar-refractivity contribution in [3.63, 3.8) is 0 Å². The maximum atomic E-state index is 12.1. The van der Waals surface area contributed by atoms with Crippen LogP contribution >= 0.6 is 12.4 Å². The topological polar surface area (TPSA) is 41.6 Å². The Morgan fingerprint density at radius 1 is 1.44 bits per heavy atom. The molecule has 1 N–H and O–H groups in total. The Kier molecular flexibility index (Phi) is 6.97. The second kappa shape index (κ2) is 7.97. The van der Waals surface area contributed by atoms with Gasteiger partial charge in [0.15, 0.2) is 0 Å². The van der Waals surface area contributed by atoms with Crippen LogP contribution in [-0.4, -0.2) is 49.2 Å². The number of rotatable bonds is 3. The third-order valence-electron chi connectivity index (χ3n) is 3.67. The minimum Gasteiger partial charge on any atom is -0.377 e. The van der Waals surface area contributed by atoms with Crippen LogP contribution in [0.25, 0.3) is 0 Å². The summed E-state index contributed by atoms with van der Waals surface area (Å²) in [6, 6.07) is 0.569. The van der Waals surface area contributed by atoms with E-state index in [9.17, 15) is 4.79 Å². The first-order valence-corrected chi connectivity index (χ1v) is 6.88. The van der Waals surface area contributed by atoms with Crippen LogP contribution in [0.4, 0.5) is 0 Å². The first kappa shape index (κ1) is 15.7. The standard InChI is InChI=1S/C13H24N2O2.ClH/c1-11-10-15(8-3-9-17-11)13(16)6-5-12-4-2-7-14-12;/h11-12,14H,2-10H2,1H3;1H. The van der Waals surface area contributed by atoms with Crippen LogP contribution in [0.5, 0.6) is 0 Å². The van der Waals surface area contributed by atoms with Crippen molar-refractivity contribution in [3.8, 4) is 0 Å². The number of amides is 1. The number of hydrogen-bond donors (Lipinski definition) is 1. The van der Waals surface area contributed by atoms with Gasteiger partial charge in [0.05, 0.1) is 6.10 Å². The van der Waals surface area contributed by atoms with E-state index in [1.165, 1.54) is 12.8 Å². The molecular weight excluding hydrogens is 252 g/mol. The van der Waals surface area contributed by atoms with Crippen LogP contribution in [-0.2, 0) is 9.53 Å². The predicted octanol–water partition coefficient (Wildman–Crippen LogP) is 1.58. The van der Waals surface area contributed by atoms with Gasteiger partial charge in [-0.3, -0.25) is 4.79 Å². The number of halogens is 1. The number of nitrogens with one attached hydrogen (secondary N) is 1. The molecule has 106 valence electrons. The summed E-state index contributed by atoms with van der Waals surface area (Å²) in [5, 5.41) is 3.44. The Balaban J connectivity index is 0.00000162. The Bertz CT molecular complexity index is 257. The molecule has 0 saturated carbocycles. The first-order valence-electron chi connectivity index (χ1n) is 6.88. The fourth-order valence-corrected chi connectivity index (χ4v) is 2.68. The van der Waals surface area contributed by atoms with Crippen LogP contribution in [0.3, 0.4) is 0 Å². The highest BCUT2D eigenvalue weighted by atomic mass is 35.5. The van der Waals surface area contributed by atoms with Gasteiger partial charge in [0.25, 0.3) is 0 Å². The van der Waals surface area contributed by atoms with Gasteiger partial charge in [-0.1, -0.05) is 0 Å². The van der Waals surface area contributed by atoms with Gasteiger partial charge >= 0.3 is 0 Å². The fraction of sp³-hybridized carbons (Fsp3) is 0.923. The molecule has 4 nitrogen and oxygen atoms in total. The summed E-state index contributed by atoms with van der Waals surface area (Å²) in [6.45, 7) is 5.57. The molecule has 0 aromatic carbocycles. The molecule has 0 aromatic rings. The van der Waals surface area contributed by atoms with Crippen LogP contribution in [0.1, 0.15) is 39.0 Å². The summed E-state index contributed by atoms with van der Waals surface area (Å²) >= 11 is 0. The molecule has 0 spiro atoms. The van der Waals surface area contributed by atoms with Crippen molar-refractivity contribution in [2.24, 2.45) is 0 Å². The number of nitrogens with zero attached hydrogens (tertiary/aromatic N) is 1. The van der Waals surface area contributed by atoms with Gasteiger partial charge < -0.3 is 15.0 Å². The predicted molar refractivity (Wildman–Crippen MR) is 74.1 cm³/mol. The van der Waals surface area contributed by atoms with Gasteiger partial charge in [0.2, 0.25) is 5.91 Å². The average Bonchev–Trinajstić information content (AvgIpc) is 2.74. The summed E-state index contributed by atoms with van der Waals surface area (Å²) in [6.07, 6.45) is 5.32. The molecule has 5 heteroatoms. The van der Waals surface area contributed by atoms with E-state index in [4.69, 9.17) is 4.74 Å². The summed E-state index contributed by atoms with van der Waals surface area (Å²) in [7, 11) is 0. The fourth-order valence-electron chi connectivity index (χ4n) is 2.68. The zero-order valence-electron chi connectivity index (χ0n) is 11.2. The minimum atomic E-state index is 0. The molecule has 1 amide bonds. The van der Waals surface area contributed by atoms with Crippen LogP contribution in [0.15, 0.2) is 0 Å². The molecule has 0 aliphatic carbocycles. The molecule has 2 fully saturated rings. The second-order valence-corrected chi connectivity index (χ2v) is 5.21. The van der Waals surface area contributed by atoms with E-state index in [0.29, 0.717) is 18.4 Å². The smallest absolute Gasteiger partial charge is 0.222 e. The van der Waals surface area contributed by atoms with E-state index < -0.39 is 0 Å². The lowest BCUT2D eigenvalue weighted by Crippen LogP contribution is -2.36. The largest absolute Gasteiger partial charge is 0.377 e. The number of ether oxygens (including phenoxy) is 1. The molecule has 0 aromatic heterocycles. The lowest BCUT2D eigenvalue weighted by atomic mass is 10.1. The summed E-state index contributed by atoms with van der Waals surface area (Å²) in [4.78, 5) is 14.1. The van der Waals surface area contributed by atoms with Crippen LogP contribution in [0.2, 0.25) is 0 Å². The average molecular weight is 277 g/mol. The monoisotopic (exact) mass is 276 g/mol. The van der Waals surface area contributed by atoms with Crippen molar-refractivity contribution in [2.45, 2.75) is 51.2 Å². The van der Waals surface area contributed by atoms with Crippen molar-refractivity contribution in [2.75, 3.05) is 26.2 Å². The Morgan fingerprint density at radius 2 is 2.28 bits per heavy atom. The quantitative estimate of drug-likeness (QED) is 0.851. The maximum Gasteiger partial charge on any atom is 0.222 e. The third kappa shape index (κ3) is 4.75. The highest BCUT2D eigenvalue weighted by molar-refractivity contribution is 5.85. The van der Waals surface area contributed by atoms with E-state index in [1.54, 1.807) is 0 Å². The first-order chi connectivity index (χ1) is 8.25. The third-order valence-corrected chi connectivity index (χ3v) is 3.67. The van der Waals surface area contributed by atoms with Crippen LogP contribution < -0.4 is 5.32 Å². The Morgan fingerprint density at radius 3 is 3.00 bits per heavy atom.